The number of H-pyrrole nitrogens is 1. The van der Waals surface area contributed by atoms with Crippen LogP contribution in [-0.4, -0.2) is 35.7 Å². The number of carbonyl (C=O) groups excluding carboxylic acids is 2. The summed E-state index contributed by atoms with van der Waals surface area (Å²) in [7, 11) is 2.73. The number of rotatable bonds is 3. The number of aromatic nitrogens is 2. The van der Waals surface area contributed by atoms with Crippen molar-refractivity contribution >= 4 is 34.5 Å². The lowest BCUT2D eigenvalue weighted by molar-refractivity contribution is 0.0584. The van der Waals surface area contributed by atoms with E-state index < -0.39 is 0 Å². The molecule has 1 N–H and O–H groups in total. The number of halogens is 1. The van der Waals surface area contributed by atoms with Crippen LogP contribution in [0.1, 0.15) is 21.0 Å². The van der Waals surface area contributed by atoms with Gasteiger partial charge in [0.15, 0.2) is 0 Å². The third-order valence-corrected chi connectivity index (χ3v) is 4.63. The van der Waals surface area contributed by atoms with Gasteiger partial charge in [0.25, 0.3) is 0 Å². The molecule has 0 saturated heterocycles. The number of esters is 2. The van der Waals surface area contributed by atoms with Crippen LogP contribution in [0.25, 0.3) is 5.69 Å². The molecule has 160 valence electrons. The first-order valence-electron chi connectivity index (χ1n) is 9.30. The highest BCUT2D eigenvalue weighted by molar-refractivity contribution is 14.1. The normalized spacial score (nSPS) is 9.39. The first kappa shape index (κ1) is 23.9. The summed E-state index contributed by atoms with van der Waals surface area (Å²) >= 11 is 2.28. The molecular formula is C24H23IN2O4. The molecule has 0 aliphatic carbocycles. The van der Waals surface area contributed by atoms with Crippen LogP contribution >= 0.6 is 22.6 Å². The first-order chi connectivity index (χ1) is 15.1. The number of hydrogen-bond acceptors (Lipinski definition) is 4. The predicted octanol–water partition coefficient (Wildman–Crippen LogP) is 5.36. The second-order valence-corrected chi connectivity index (χ2v) is 7.21. The van der Waals surface area contributed by atoms with Gasteiger partial charge in [-0.05, 0) is 71.1 Å². The fourth-order valence-electron chi connectivity index (χ4n) is 2.45. The van der Waals surface area contributed by atoms with Crippen molar-refractivity contribution in [1.82, 2.24) is 9.55 Å². The molecule has 2 aromatic heterocycles. The SMILES string of the molecule is COC(=O)c1ccc[nH]1.COC(=O)c1cccn1-c1ccccc1.Ic1ccccc1. The molecule has 0 amide bonds. The van der Waals surface area contributed by atoms with Crippen LogP contribution in [0.3, 0.4) is 0 Å². The molecule has 0 aliphatic heterocycles. The minimum absolute atomic E-state index is 0.330. The number of nitrogens with zero attached hydrogens (tertiary/aromatic N) is 1. The van der Waals surface area contributed by atoms with Crippen LogP contribution in [0.2, 0.25) is 0 Å². The third-order valence-electron chi connectivity index (χ3n) is 3.91. The Morgan fingerprint density at radius 1 is 0.774 bits per heavy atom. The molecule has 2 aromatic carbocycles. The van der Waals surface area contributed by atoms with E-state index in [1.54, 1.807) is 29.0 Å². The van der Waals surface area contributed by atoms with Gasteiger partial charge in [-0.1, -0.05) is 36.4 Å². The summed E-state index contributed by atoms with van der Waals surface area (Å²) in [5, 5.41) is 0. The van der Waals surface area contributed by atoms with E-state index in [4.69, 9.17) is 4.74 Å². The molecule has 6 nitrogen and oxygen atoms in total. The van der Waals surface area contributed by atoms with Gasteiger partial charge < -0.3 is 19.0 Å². The van der Waals surface area contributed by atoms with Gasteiger partial charge in [0.1, 0.15) is 11.4 Å². The summed E-state index contributed by atoms with van der Waals surface area (Å²) in [6.07, 6.45) is 3.51. The first-order valence-corrected chi connectivity index (χ1v) is 10.4. The van der Waals surface area contributed by atoms with Crippen LogP contribution in [0, 0.1) is 3.57 Å². The average Bonchev–Trinajstić information content (AvgIpc) is 3.52. The number of ether oxygens (including phenoxy) is 2. The Morgan fingerprint density at radius 3 is 1.87 bits per heavy atom. The Bertz CT molecular complexity index is 1050. The van der Waals surface area contributed by atoms with E-state index in [1.807, 2.05) is 60.8 Å². The molecule has 7 heteroatoms. The Labute approximate surface area is 195 Å². The van der Waals surface area contributed by atoms with Crippen molar-refractivity contribution in [2.75, 3.05) is 14.2 Å². The number of benzene rings is 2. The summed E-state index contributed by atoms with van der Waals surface area (Å²) in [6, 6.07) is 26.8. The molecule has 0 aliphatic rings. The topological polar surface area (TPSA) is 73.3 Å². The van der Waals surface area contributed by atoms with Crippen LogP contribution in [0.5, 0.6) is 0 Å². The largest absolute Gasteiger partial charge is 0.464 e. The Kier molecular flexibility index (Phi) is 10.1. The quantitative estimate of drug-likeness (QED) is 0.286. The number of aromatic amines is 1. The maximum Gasteiger partial charge on any atom is 0.355 e. The Balaban J connectivity index is 0.000000181. The Morgan fingerprint density at radius 2 is 1.39 bits per heavy atom. The molecule has 0 radical (unpaired) electrons. The van der Waals surface area contributed by atoms with Gasteiger partial charge in [0.05, 0.1) is 14.2 Å². The van der Waals surface area contributed by atoms with Crippen molar-refractivity contribution in [2.24, 2.45) is 0 Å². The van der Waals surface area contributed by atoms with Crippen LogP contribution in [0.4, 0.5) is 0 Å². The van der Waals surface area contributed by atoms with Gasteiger partial charge in [0.2, 0.25) is 0 Å². The fraction of sp³-hybridized carbons (Fsp3) is 0.0833. The van der Waals surface area contributed by atoms with E-state index >= 15 is 0 Å². The van der Waals surface area contributed by atoms with Gasteiger partial charge in [0, 0.05) is 21.7 Å². The summed E-state index contributed by atoms with van der Waals surface area (Å²) in [6.45, 7) is 0. The lowest BCUT2D eigenvalue weighted by atomic mass is 10.3. The second kappa shape index (κ2) is 13.1. The van der Waals surface area contributed by atoms with E-state index in [1.165, 1.54) is 17.8 Å². The van der Waals surface area contributed by atoms with Crippen molar-refractivity contribution in [3.8, 4) is 5.69 Å². The second-order valence-electron chi connectivity index (χ2n) is 5.96. The molecule has 4 rings (SSSR count). The van der Waals surface area contributed by atoms with Gasteiger partial charge in [-0.25, -0.2) is 9.59 Å². The predicted molar refractivity (Wildman–Crippen MR) is 128 cm³/mol. The molecule has 0 fully saturated rings. The summed E-state index contributed by atoms with van der Waals surface area (Å²) < 4.78 is 12.2. The lowest BCUT2D eigenvalue weighted by Crippen LogP contribution is -2.08. The number of hydrogen-bond donors (Lipinski definition) is 1. The number of methoxy groups -OCH3 is 2. The van der Waals surface area contributed by atoms with Crippen molar-refractivity contribution in [2.45, 2.75) is 0 Å². The van der Waals surface area contributed by atoms with Crippen molar-refractivity contribution in [1.29, 1.82) is 0 Å². The van der Waals surface area contributed by atoms with Crippen molar-refractivity contribution in [3.63, 3.8) is 0 Å². The molecule has 0 saturated carbocycles. The molecule has 31 heavy (non-hydrogen) atoms. The van der Waals surface area contributed by atoms with Gasteiger partial charge in [-0.3, -0.25) is 0 Å². The van der Waals surface area contributed by atoms with Gasteiger partial charge in [-0.2, -0.15) is 0 Å². The molecule has 0 unspecified atom stereocenters. The molecular weight excluding hydrogens is 507 g/mol. The summed E-state index contributed by atoms with van der Waals surface area (Å²) in [4.78, 5) is 24.8. The van der Waals surface area contributed by atoms with E-state index in [9.17, 15) is 9.59 Å². The molecule has 0 spiro atoms. The number of para-hydroxylation sites is 1. The van der Waals surface area contributed by atoms with E-state index in [2.05, 4.69) is 44.4 Å². The standard InChI is InChI=1S/C12H11NO2.C6H5I.C6H7NO2/c1-15-12(14)11-8-5-9-13(11)10-6-3-2-4-7-10;7-6-4-2-1-3-5-6;1-9-6(8)5-3-2-4-7-5/h2-9H,1H3;1-5H;2-4,7H,1H3. The summed E-state index contributed by atoms with van der Waals surface area (Å²) in [5.41, 5.74) is 1.96. The maximum atomic E-state index is 11.4. The van der Waals surface area contributed by atoms with Crippen molar-refractivity contribution in [3.05, 3.63) is 112 Å². The fourth-order valence-corrected chi connectivity index (χ4v) is 2.86. The van der Waals surface area contributed by atoms with E-state index in [0.717, 1.165) is 5.69 Å². The monoisotopic (exact) mass is 530 g/mol. The highest BCUT2D eigenvalue weighted by Gasteiger charge is 2.11. The van der Waals surface area contributed by atoms with Gasteiger partial charge >= 0.3 is 11.9 Å². The Hall–Kier alpha value is -3.33. The van der Waals surface area contributed by atoms with E-state index in [-0.39, 0.29) is 11.9 Å². The van der Waals surface area contributed by atoms with E-state index in [0.29, 0.717) is 11.4 Å². The minimum atomic E-state index is -0.333. The zero-order chi connectivity index (χ0) is 22.5. The number of carbonyl (C=O) groups is 2. The summed E-state index contributed by atoms with van der Waals surface area (Å²) in [5.74, 6) is -0.663. The smallest absolute Gasteiger partial charge is 0.355 e. The van der Waals surface area contributed by atoms with Gasteiger partial charge in [-0.15, -0.1) is 0 Å². The molecule has 4 aromatic rings. The van der Waals surface area contributed by atoms with Crippen molar-refractivity contribution < 1.29 is 19.1 Å². The number of nitrogens with one attached hydrogen (secondary N) is 1. The van der Waals surface area contributed by atoms with Crippen LogP contribution in [0.15, 0.2) is 97.3 Å². The van der Waals surface area contributed by atoms with Crippen LogP contribution < -0.4 is 0 Å². The maximum absolute atomic E-state index is 11.4. The lowest BCUT2D eigenvalue weighted by Gasteiger charge is -2.06. The minimum Gasteiger partial charge on any atom is -0.464 e. The zero-order valence-corrected chi connectivity index (χ0v) is 19.4. The van der Waals surface area contributed by atoms with Crippen LogP contribution in [-0.2, 0) is 9.47 Å². The highest BCUT2D eigenvalue weighted by Crippen LogP contribution is 2.12. The molecule has 0 bridgehead atoms. The molecule has 0 atom stereocenters. The zero-order valence-electron chi connectivity index (χ0n) is 17.2. The molecule has 2 heterocycles. The third kappa shape index (κ3) is 7.78. The highest BCUT2D eigenvalue weighted by atomic mass is 127. The average molecular weight is 530 g/mol.